The maximum absolute atomic E-state index is 14.5. The van der Waals surface area contributed by atoms with Crippen LogP contribution in [-0.4, -0.2) is 44.8 Å². The Hall–Kier alpha value is -3.69. The number of nitrogens with one attached hydrogen (secondary N) is 1. The normalized spacial score (nSPS) is 14.0. The van der Waals surface area contributed by atoms with E-state index in [1.54, 1.807) is 30.5 Å². The van der Waals surface area contributed by atoms with E-state index in [0.29, 0.717) is 23.6 Å². The van der Waals surface area contributed by atoms with Gasteiger partial charge in [0.15, 0.2) is 17.5 Å². The van der Waals surface area contributed by atoms with Gasteiger partial charge in [-0.15, -0.1) is 0 Å². The summed E-state index contributed by atoms with van der Waals surface area (Å²) in [5.74, 6) is -0.125. The summed E-state index contributed by atoms with van der Waals surface area (Å²) in [5, 5.41) is 15.6. The van der Waals surface area contributed by atoms with Crippen molar-refractivity contribution in [3.8, 4) is 17.4 Å². The summed E-state index contributed by atoms with van der Waals surface area (Å²) in [4.78, 5) is 8.44. The highest BCUT2D eigenvalue weighted by Crippen LogP contribution is 2.25. The van der Waals surface area contributed by atoms with Gasteiger partial charge in [-0.05, 0) is 12.0 Å². The first kappa shape index (κ1) is 21.5. The SMILES string of the molecule is COc1cc(-c2ncc(F)c(NC(C3=NN=CC3)C(C)C)n2)nn1Cc1ccccc1F. The fourth-order valence-corrected chi connectivity index (χ4v) is 3.43. The fraction of sp³-hybridized carbons (Fsp3) is 0.318. The number of benzene rings is 1. The molecule has 1 aliphatic rings. The van der Waals surface area contributed by atoms with Gasteiger partial charge in [-0.3, -0.25) is 0 Å². The van der Waals surface area contributed by atoms with E-state index in [0.717, 1.165) is 11.9 Å². The average Bonchev–Trinajstić information content (AvgIpc) is 3.44. The molecule has 3 heterocycles. The number of hydrogen-bond donors (Lipinski definition) is 1. The van der Waals surface area contributed by atoms with Crippen molar-refractivity contribution in [2.24, 2.45) is 16.1 Å². The molecule has 1 unspecified atom stereocenters. The standard InChI is InChI=1S/C22H23F2N7O/c1-13(2)20(17-8-9-26-29-17)27-21-16(24)11-25-22(28-21)18-10-19(32-3)31(30-18)12-14-6-4-5-7-15(14)23/h4-7,9-11,13,20H,8,12H2,1-3H3,(H,25,27,28). The molecule has 0 amide bonds. The van der Waals surface area contributed by atoms with Crippen LogP contribution in [0.25, 0.3) is 11.5 Å². The predicted molar refractivity (Wildman–Crippen MR) is 118 cm³/mol. The molecule has 166 valence electrons. The van der Waals surface area contributed by atoms with Gasteiger partial charge >= 0.3 is 0 Å². The molecule has 1 aromatic carbocycles. The summed E-state index contributed by atoms with van der Waals surface area (Å²) in [6, 6.07) is 7.84. The van der Waals surface area contributed by atoms with Crippen LogP contribution in [0.15, 0.2) is 46.7 Å². The van der Waals surface area contributed by atoms with Gasteiger partial charge in [0.2, 0.25) is 5.88 Å². The van der Waals surface area contributed by atoms with Crippen molar-refractivity contribution >= 4 is 17.7 Å². The Morgan fingerprint density at radius 2 is 2.00 bits per heavy atom. The Labute approximate surface area is 184 Å². The van der Waals surface area contributed by atoms with Crippen LogP contribution in [0.1, 0.15) is 25.8 Å². The smallest absolute Gasteiger partial charge is 0.212 e. The van der Waals surface area contributed by atoms with Crippen molar-refractivity contribution < 1.29 is 13.5 Å². The monoisotopic (exact) mass is 439 g/mol. The lowest BCUT2D eigenvalue weighted by Crippen LogP contribution is -2.34. The number of rotatable bonds is 8. The van der Waals surface area contributed by atoms with E-state index < -0.39 is 5.82 Å². The van der Waals surface area contributed by atoms with Crippen molar-refractivity contribution in [2.45, 2.75) is 32.9 Å². The number of methoxy groups -OCH3 is 1. The van der Waals surface area contributed by atoms with E-state index in [4.69, 9.17) is 4.74 Å². The summed E-state index contributed by atoms with van der Waals surface area (Å²) < 4.78 is 35.5. The molecule has 0 spiro atoms. The minimum absolute atomic E-state index is 0.0471. The number of aromatic nitrogens is 4. The highest BCUT2D eigenvalue weighted by Gasteiger charge is 2.24. The van der Waals surface area contributed by atoms with Crippen molar-refractivity contribution in [1.29, 1.82) is 0 Å². The highest BCUT2D eigenvalue weighted by molar-refractivity contribution is 6.03. The van der Waals surface area contributed by atoms with E-state index in [1.807, 2.05) is 13.8 Å². The molecule has 1 N–H and O–H groups in total. The first-order valence-electron chi connectivity index (χ1n) is 10.2. The molecule has 4 rings (SSSR count). The van der Waals surface area contributed by atoms with E-state index >= 15 is 0 Å². The van der Waals surface area contributed by atoms with Gasteiger partial charge in [0.25, 0.3) is 0 Å². The van der Waals surface area contributed by atoms with Gasteiger partial charge in [0.1, 0.15) is 11.5 Å². The first-order chi connectivity index (χ1) is 15.5. The number of nitrogens with zero attached hydrogens (tertiary/aromatic N) is 6. The topological polar surface area (TPSA) is 89.6 Å². The minimum Gasteiger partial charge on any atom is -0.481 e. The number of anilines is 1. The van der Waals surface area contributed by atoms with Gasteiger partial charge in [0.05, 0.1) is 31.6 Å². The molecule has 10 heteroatoms. The minimum atomic E-state index is -0.586. The van der Waals surface area contributed by atoms with Crippen LogP contribution in [-0.2, 0) is 6.54 Å². The molecule has 8 nitrogen and oxygen atoms in total. The van der Waals surface area contributed by atoms with Crippen molar-refractivity contribution in [3.63, 3.8) is 0 Å². The highest BCUT2D eigenvalue weighted by atomic mass is 19.1. The quantitative estimate of drug-likeness (QED) is 0.574. The zero-order chi connectivity index (χ0) is 22.7. The summed E-state index contributed by atoms with van der Waals surface area (Å²) in [5.41, 5.74) is 1.65. The largest absolute Gasteiger partial charge is 0.481 e. The number of ether oxygens (including phenoxy) is 1. The molecule has 1 aliphatic heterocycles. The average molecular weight is 439 g/mol. The Bertz CT molecular complexity index is 1170. The molecule has 3 aromatic rings. The van der Waals surface area contributed by atoms with Crippen LogP contribution < -0.4 is 10.1 Å². The third kappa shape index (κ3) is 4.48. The van der Waals surface area contributed by atoms with Crippen LogP contribution in [0.3, 0.4) is 0 Å². The Kier molecular flexibility index (Phi) is 6.20. The van der Waals surface area contributed by atoms with E-state index in [-0.39, 0.29) is 36.0 Å². The summed E-state index contributed by atoms with van der Waals surface area (Å²) in [6.07, 6.45) is 3.41. The van der Waals surface area contributed by atoms with Gasteiger partial charge in [-0.1, -0.05) is 32.0 Å². The van der Waals surface area contributed by atoms with Gasteiger partial charge < -0.3 is 10.1 Å². The van der Waals surface area contributed by atoms with Crippen LogP contribution in [0, 0.1) is 17.6 Å². The Balaban J connectivity index is 1.63. The lowest BCUT2D eigenvalue weighted by atomic mass is 9.97. The molecular formula is C22H23F2N7O. The zero-order valence-electron chi connectivity index (χ0n) is 18.0. The molecule has 0 saturated heterocycles. The second kappa shape index (κ2) is 9.21. The van der Waals surface area contributed by atoms with Crippen molar-refractivity contribution in [3.05, 3.63) is 53.7 Å². The van der Waals surface area contributed by atoms with Crippen molar-refractivity contribution in [2.75, 3.05) is 12.4 Å². The molecule has 32 heavy (non-hydrogen) atoms. The molecule has 0 radical (unpaired) electrons. The van der Waals surface area contributed by atoms with Crippen molar-refractivity contribution in [1.82, 2.24) is 19.7 Å². The van der Waals surface area contributed by atoms with E-state index in [9.17, 15) is 8.78 Å². The maximum atomic E-state index is 14.5. The molecule has 0 saturated carbocycles. The van der Waals surface area contributed by atoms with Gasteiger partial charge in [-0.25, -0.2) is 23.4 Å². The van der Waals surface area contributed by atoms with Crippen LogP contribution in [0.5, 0.6) is 5.88 Å². The summed E-state index contributed by atoms with van der Waals surface area (Å²) >= 11 is 0. The van der Waals surface area contributed by atoms with Gasteiger partial charge in [0, 0.05) is 24.3 Å². The molecule has 0 bridgehead atoms. The number of hydrogen-bond acceptors (Lipinski definition) is 7. The van der Waals surface area contributed by atoms with E-state index in [1.165, 1.54) is 17.9 Å². The zero-order valence-corrected chi connectivity index (χ0v) is 18.0. The molecule has 2 aromatic heterocycles. The molecule has 0 fully saturated rings. The fourth-order valence-electron chi connectivity index (χ4n) is 3.43. The summed E-state index contributed by atoms with van der Waals surface area (Å²) in [7, 11) is 1.49. The van der Waals surface area contributed by atoms with Crippen LogP contribution >= 0.6 is 0 Å². The Morgan fingerprint density at radius 1 is 1.19 bits per heavy atom. The lowest BCUT2D eigenvalue weighted by Gasteiger charge is -2.22. The van der Waals surface area contributed by atoms with Gasteiger partial charge in [-0.2, -0.15) is 15.3 Å². The van der Waals surface area contributed by atoms with Crippen LogP contribution in [0.2, 0.25) is 0 Å². The summed E-state index contributed by atoms with van der Waals surface area (Å²) in [6.45, 7) is 4.18. The Morgan fingerprint density at radius 3 is 2.69 bits per heavy atom. The third-order valence-electron chi connectivity index (χ3n) is 5.09. The second-order valence-electron chi connectivity index (χ2n) is 7.67. The van der Waals surface area contributed by atoms with Crippen LogP contribution in [0.4, 0.5) is 14.6 Å². The number of halogens is 2. The van der Waals surface area contributed by atoms with E-state index in [2.05, 4.69) is 30.6 Å². The first-order valence-corrected chi connectivity index (χ1v) is 10.2. The predicted octanol–water partition coefficient (Wildman–Crippen LogP) is 3.94. The molecular weight excluding hydrogens is 416 g/mol. The lowest BCUT2D eigenvalue weighted by molar-refractivity contribution is 0.365. The molecule has 0 aliphatic carbocycles. The molecule has 1 atom stereocenters. The maximum Gasteiger partial charge on any atom is 0.212 e. The third-order valence-corrected chi connectivity index (χ3v) is 5.09. The second-order valence-corrected chi connectivity index (χ2v) is 7.67.